The van der Waals surface area contributed by atoms with Gasteiger partial charge in [0.05, 0.1) is 4.47 Å². The number of nitrogens with zero attached hydrogens (tertiary/aromatic N) is 1. The summed E-state index contributed by atoms with van der Waals surface area (Å²) in [5, 5.41) is 11.7. The quantitative estimate of drug-likeness (QED) is 0.895. The molecule has 0 aliphatic carbocycles. The molecular weight excluding hydrogens is 323 g/mol. The van der Waals surface area contributed by atoms with Crippen LogP contribution >= 0.6 is 15.9 Å². The van der Waals surface area contributed by atoms with Crippen LogP contribution in [0.5, 0.6) is 5.75 Å². The summed E-state index contributed by atoms with van der Waals surface area (Å²) in [4.78, 5) is 0. The molecule has 0 aliphatic rings. The fraction of sp³-hybridized carbons (Fsp3) is 0.133. The summed E-state index contributed by atoms with van der Waals surface area (Å²) in [5.41, 5.74) is 1.84. The van der Waals surface area contributed by atoms with Gasteiger partial charge in [-0.1, -0.05) is 12.1 Å². The Morgan fingerprint density at radius 1 is 1.25 bits per heavy atom. The van der Waals surface area contributed by atoms with E-state index >= 15 is 0 Å². The summed E-state index contributed by atoms with van der Waals surface area (Å²) in [6.07, 6.45) is 0. The largest absolute Gasteiger partial charge is 0.479 e. The van der Waals surface area contributed by atoms with Crippen LogP contribution in [0.2, 0.25) is 0 Å². The van der Waals surface area contributed by atoms with E-state index in [0.29, 0.717) is 16.8 Å². The van der Waals surface area contributed by atoms with Gasteiger partial charge < -0.3 is 10.1 Å². The van der Waals surface area contributed by atoms with Gasteiger partial charge in [-0.25, -0.2) is 4.39 Å². The SMILES string of the molecule is N#CCOc1cccc(NCc2ccc(F)c(Br)c2)c1. The molecule has 0 aliphatic heterocycles. The molecule has 102 valence electrons. The van der Waals surface area contributed by atoms with Crippen LogP contribution in [0.15, 0.2) is 46.9 Å². The van der Waals surface area contributed by atoms with E-state index in [2.05, 4.69) is 21.2 Å². The maximum absolute atomic E-state index is 13.1. The molecule has 0 saturated carbocycles. The Kier molecular flexibility index (Phi) is 4.97. The van der Waals surface area contributed by atoms with Crippen molar-refractivity contribution in [3.8, 4) is 11.8 Å². The Morgan fingerprint density at radius 2 is 2.10 bits per heavy atom. The van der Waals surface area contributed by atoms with Crippen molar-refractivity contribution in [3.05, 3.63) is 58.3 Å². The lowest BCUT2D eigenvalue weighted by molar-refractivity contribution is 0.368. The van der Waals surface area contributed by atoms with Gasteiger partial charge in [0.25, 0.3) is 0 Å². The van der Waals surface area contributed by atoms with Crippen LogP contribution in [0.1, 0.15) is 5.56 Å². The number of anilines is 1. The van der Waals surface area contributed by atoms with Gasteiger partial charge in [-0.3, -0.25) is 0 Å². The van der Waals surface area contributed by atoms with Crippen LogP contribution in [-0.2, 0) is 6.54 Å². The first kappa shape index (κ1) is 14.4. The molecule has 0 unspecified atom stereocenters. The van der Waals surface area contributed by atoms with Crippen LogP contribution < -0.4 is 10.1 Å². The molecule has 0 radical (unpaired) electrons. The first-order valence-corrected chi connectivity index (χ1v) is 6.76. The first-order chi connectivity index (χ1) is 9.69. The minimum atomic E-state index is -0.277. The highest BCUT2D eigenvalue weighted by Crippen LogP contribution is 2.20. The maximum atomic E-state index is 13.1. The summed E-state index contributed by atoms with van der Waals surface area (Å²) in [7, 11) is 0. The highest BCUT2D eigenvalue weighted by Gasteiger charge is 2.01. The van der Waals surface area contributed by atoms with E-state index in [-0.39, 0.29) is 12.4 Å². The van der Waals surface area contributed by atoms with Crippen molar-refractivity contribution >= 4 is 21.6 Å². The molecule has 1 N–H and O–H groups in total. The Labute approximate surface area is 125 Å². The highest BCUT2D eigenvalue weighted by molar-refractivity contribution is 9.10. The maximum Gasteiger partial charge on any atom is 0.174 e. The molecule has 5 heteroatoms. The van der Waals surface area contributed by atoms with E-state index in [4.69, 9.17) is 10.00 Å². The van der Waals surface area contributed by atoms with E-state index in [1.807, 2.05) is 24.3 Å². The first-order valence-electron chi connectivity index (χ1n) is 5.96. The van der Waals surface area contributed by atoms with Crippen LogP contribution in [-0.4, -0.2) is 6.61 Å². The van der Waals surface area contributed by atoms with Gasteiger partial charge in [-0.05, 0) is 45.8 Å². The summed E-state index contributed by atoms with van der Waals surface area (Å²) >= 11 is 3.16. The molecule has 0 amide bonds. The average molecular weight is 335 g/mol. The standard InChI is InChI=1S/C15H12BrFN2O/c16-14-8-11(4-5-15(14)17)10-19-12-2-1-3-13(9-12)20-7-6-18/h1-5,8-9,19H,7,10H2. The van der Waals surface area contributed by atoms with Gasteiger partial charge in [-0.15, -0.1) is 0 Å². The number of halogens is 2. The van der Waals surface area contributed by atoms with Crippen molar-refractivity contribution in [1.82, 2.24) is 0 Å². The summed E-state index contributed by atoms with van der Waals surface area (Å²) in [6.45, 7) is 0.592. The number of hydrogen-bond donors (Lipinski definition) is 1. The smallest absolute Gasteiger partial charge is 0.174 e. The second-order valence-electron chi connectivity index (χ2n) is 4.08. The third-order valence-electron chi connectivity index (χ3n) is 2.62. The zero-order chi connectivity index (χ0) is 14.4. The minimum Gasteiger partial charge on any atom is -0.479 e. The number of nitriles is 1. The Hall–Kier alpha value is -2.06. The van der Waals surface area contributed by atoms with E-state index in [9.17, 15) is 4.39 Å². The third kappa shape index (κ3) is 3.97. The summed E-state index contributed by atoms with van der Waals surface area (Å²) in [6, 6.07) is 14.2. The molecule has 0 fully saturated rings. The average Bonchev–Trinajstić information content (AvgIpc) is 2.47. The molecule has 0 atom stereocenters. The molecule has 0 heterocycles. The van der Waals surface area contributed by atoms with Gasteiger partial charge in [0, 0.05) is 18.3 Å². The van der Waals surface area contributed by atoms with Crippen molar-refractivity contribution in [2.75, 3.05) is 11.9 Å². The number of rotatable bonds is 5. The molecule has 0 saturated heterocycles. The topological polar surface area (TPSA) is 45.0 Å². The fourth-order valence-corrected chi connectivity index (χ4v) is 2.09. The summed E-state index contributed by atoms with van der Waals surface area (Å²) < 4.78 is 18.8. The third-order valence-corrected chi connectivity index (χ3v) is 3.23. The van der Waals surface area contributed by atoms with Crippen LogP contribution in [0.4, 0.5) is 10.1 Å². The van der Waals surface area contributed by atoms with Crippen molar-refractivity contribution < 1.29 is 9.13 Å². The van der Waals surface area contributed by atoms with Gasteiger partial charge in [0.15, 0.2) is 6.61 Å². The van der Waals surface area contributed by atoms with E-state index in [0.717, 1.165) is 11.3 Å². The van der Waals surface area contributed by atoms with Crippen LogP contribution in [0.3, 0.4) is 0 Å². The molecule has 20 heavy (non-hydrogen) atoms. The zero-order valence-corrected chi connectivity index (χ0v) is 12.2. The van der Waals surface area contributed by atoms with Crippen LogP contribution in [0.25, 0.3) is 0 Å². The van der Waals surface area contributed by atoms with E-state index < -0.39 is 0 Å². The van der Waals surface area contributed by atoms with Gasteiger partial charge in [-0.2, -0.15) is 5.26 Å². The fourth-order valence-electron chi connectivity index (χ4n) is 1.67. The van der Waals surface area contributed by atoms with E-state index in [1.165, 1.54) is 6.07 Å². The monoisotopic (exact) mass is 334 g/mol. The molecule has 2 aromatic carbocycles. The van der Waals surface area contributed by atoms with Crippen LogP contribution in [0, 0.1) is 17.1 Å². The van der Waals surface area contributed by atoms with Crippen molar-refractivity contribution in [1.29, 1.82) is 5.26 Å². The zero-order valence-electron chi connectivity index (χ0n) is 10.6. The van der Waals surface area contributed by atoms with Crippen molar-refractivity contribution in [2.45, 2.75) is 6.54 Å². The second-order valence-corrected chi connectivity index (χ2v) is 4.93. The Morgan fingerprint density at radius 3 is 2.85 bits per heavy atom. The molecular formula is C15H12BrFN2O. The Balaban J connectivity index is 1.99. The van der Waals surface area contributed by atoms with Crippen molar-refractivity contribution in [2.24, 2.45) is 0 Å². The minimum absolute atomic E-state index is 0.0222. The number of ether oxygens (including phenoxy) is 1. The van der Waals surface area contributed by atoms with Gasteiger partial charge in [0.2, 0.25) is 0 Å². The highest BCUT2D eigenvalue weighted by atomic mass is 79.9. The lowest BCUT2D eigenvalue weighted by Crippen LogP contribution is -2.00. The van der Waals surface area contributed by atoms with Crippen molar-refractivity contribution in [3.63, 3.8) is 0 Å². The normalized spacial score (nSPS) is 9.85. The molecule has 2 rings (SSSR count). The number of nitrogens with one attached hydrogen (secondary N) is 1. The molecule has 0 spiro atoms. The molecule has 0 aromatic heterocycles. The summed E-state index contributed by atoms with van der Waals surface area (Å²) in [5.74, 6) is 0.359. The molecule has 2 aromatic rings. The van der Waals surface area contributed by atoms with Gasteiger partial charge >= 0.3 is 0 Å². The molecule has 3 nitrogen and oxygen atoms in total. The second kappa shape index (κ2) is 6.92. The van der Waals surface area contributed by atoms with E-state index in [1.54, 1.807) is 18.2 Å². The predicted octanol–water partition coefficient (Wildman–Crippen LogP) is 4.10. The lowest BCUT2D eigenvalue weighted by Gasteiger charge is -2.09. The number of hydrogen-bond acceptors (Lipinski definition) is 3. The molecule has 0 bridgehead atoms. The Bertz CT molecular complexity index is 640. The van der Waals surface area contributed by atoms with Gasteiger partial charge in [0.1, 0.15) is 17.6 Å². The number of benzene rings is 2. The lowest BCUT2D eigenvalue weighted by atomic mass is 10.2. The predicted molar refractivity (Wildman–Crippen MR) is 79.0 cm³/mol.